The number of nitrogens with zero attached hydrogens (tertiary/aromatic N) is 3. The van der Waals surface area contributed by atoms with Crippen molar-refractivity contribution in [1.82, 2.24) is 15.3 Å². The molecule has 0 saturated carbocycles. The molecule has 5 rings (SSSR count). The molecular formula is C26H28N4O4. The highest BCUT2D eigenvalue weighted by Gasteiger charge is 2.24. The van der Waals surface area contributed by atoms with E-state index in [9.17, 15) is 9.59 Å². The molecule has 2 aliphatic heterocycles. The van der Waals surface area contributed by atoms with Gasteiger partial charge in [0.25, 0.3) is 5.91 Å². The van der Waals surface area contributed by atoms with Crippen LogP contribution in [0, 0.1) is 5.92 Å². The number of carbonyl (C=O) groups is 2. The number of carbonyl (C=O) groups excluding carboxylic acids is 2. The Morgan fingerprint density at radius 1 is 1.12 bits per heavy atom. The highest BCUT2D eigenvalue weighted by Crippen LogP contribution is 2.28. The minimum absolute atomic E-state index is 0.0333. The van der Waals surface area contributed by atoms with Crippen molar-refractivity contribution in [2.24, 2.45) is 11.0 Å². The zero-order valence-corrected chi connectivity index (χ0v) is 19.3. The zero-order chi connectivity index (χ0) is 23.5. The summed E-state index contributed by atoms with van der Waals surface area (Å²) in [6.07, 6.45) is 4.60. The topological polar surface area (TPSA) is 97.0 Å². The molecule has 0 aliphatic carbocycles. The van der Waals surface area contributed by atoms with Gasteiger partial charge in [-0.2, -0.15) is 5.10 Å². The third kappa shape index (κ3) is 4.66. The predicted octanol–water partition coefficient (Wildman–Crippen LogP) is 4.14. The number of ether oxygens (including phenoxy) is 1. The van der Waals surface area contributed by atoms with Crippen molar-refractivity contribution in [3.05, 3.63) is 48.0 Å². The number of rotatable bonds is 6. The van der Waals surface area contributed by atoms with Gasteiger partial charge in [0.2, 0.25) is 11.8 Å². The molecule has 0 bridgehead atoms. The lowest BCUT2D eigenvalue weighted by molar-refractivity contribution is -0.134. The average Bonchev–Trinajstić information content (AvgIpc) is 3.31. The number of oxazole rings is 1. The summed E-state index contributed by atoms with van der Waals surface area (Å²) in [5, 5.41) is 4.29. The van der Waals surface area contributed by atoms with Gasteiger partial charge in [-0.05, 0) is 62.1 Å². The summed E-state index contributed by atoms with van der Waals surface area (Å²) in [7, 11) is 0. The van der Waals surface area contributed by atoms with Gasteiger partial charge in [0.1, 0.15) is 11.3 Å². The molecule has 1 fully saturated rings. The molecule has 8 nitrogen and oxygen atoms in total. The van der Waals surface area contributed by atoms with Crippen molar-refractivity contribution in [1.29, 1.82) is 0 Å². The van der Waals surface area contributed by atoms with E-state index in [1.807, 2.05) is 47.4 Å². The molecule has 3 heterocycles. The largest absolute Gasteiger partial charge is 0.484 e. The van der Waals surface area contributed by atoms with Crippen molar-refractivity contribution >= 4 is 28.6 Å². The summed E-state index contributed by atoms with van der Waals surface area (Å²) >= 11 is 0. The first-order valence-electron chi connectivity index (χ1n) is 11.9. The standard InChI is InChI=1S/C26H28N4O4/c1-2-17-15-23(31)28-29-25(17)19-8-11-21-22(14-19)34-26(27-21)18-6-9-20(10-7-18)33-16-24(32)30-12-4-3-5-13-30/h6-11,14,17H,2-5,12-13,15-16H2,1H3,(H,28,31). The molecule has 2 aromatic carbocycles. The Hall–Kier alpha value is -3.68. The second kappa shape index (κ2) is 9.67. The van der Waals surface area contributed by atoms with E-state index in [0.717, 1.165) is 54.7 Å². The van der Waals surface area contributed by atoms with Gasteiger partial charge in [-0.15, -0.1) is 0 Å². The molecule has 1 aromatic heterocycles. The molecule has 1 N–H and O–H groups in total. The summed E-state index contributed by atoms with van der Waals surface area (Å²) in [5.74, 6) is 1.21. The molecular weight excluding hydrogens is 432 g/mol. The maximum absolute atomic E-state index is 12.3. The zero-order valence-electron chi connectivity index (χ0n) is 19.3. The normalized spacial score (nSPS) is 18.5. The van der Waals surface area contributed by atoms with Crippen LogP contribution >= 0.6 is 0 Å². The van der Waals surface area contributed by atoms with Crippen LogP contribution in [-0.2, 0) is 9.59 Å². The van der Waals surface area contributed by atoms with Crippen LogP contribution in [0.3, 0.4) is 0 Å². The summed E-state index contributed by atoms with van der Waals surface area (Å²) in [6, 6.07) is 13.2. The van der Waals surface area contributed by atoms with Gasteiger partial charge in [-0.1, -0.05) is 13.0 Å². The lowest BCUT2D eigenvalue weighted by atomic mass is 9.90. The summed E-state index contributed by atoms with van der Waals surface area (Å²) in [5.41, 5.74) is 6.60. The van der Waals surface area contributed by atoms with E-state index in [0.29, 0.717) is 23.6 Å². The fourth-order valence-corrected chi connectivity index (χ4v) is 4.50. The van der Waals surface area contributed by atoms with E-state index in [4.69, 9.17) is 9.15 Å². The molecule has 1 saturated heterocycles. The molecule has 2 aliphatic rings. The number of piperidine rings is 1. The number of hydrogen-bond acceptors (Lipinski definition) is 6. The molecule has 1 atom stereocenters. The van der Waals surface area contributed by atoms with Gasteiger partial charge >= 0.3 is 0 Å². The minimum atomic E-state index is -0.0538. The minimum Gasteiger partial charge on any atom is -0.484 e. The molecule has 2 amide bonds. The number of hydrazone groups is 1. The van der Waals surface area contributed by atoms with Gasteiger partial charge < -0.3 is 14.1 Å². The van der Waals surface area contributed by atoms with Crippen LogP contribution in [0.15, 0.2) is 52.0 Å². The smallest absolute Gasteiger partial charge is 0.260 e. The molecule has 1 unspecified atom stereocenters. The van der Waals surface area contributed by atoms with E-state index in [-0.39, 0.29) is 24.3 Å². The molecule has 34 heavy (non-hydrogen) atoms. The number of nitrogens with one attached hydrogen (secondary N) is 1. The highest BCUT2D eigenvalue weighted by atomic mass is 16.5. The fourth-order valence-electron chi connectivity index (χ4n) is 4.50. The number of likely N-dealkylation sites (tertiary alicyclic amines) is 1. The SMILES string of the molecule is CCC1CC(=O)NN=C1c1ccc2nc(-c3ccc(OCC(=O)N4CCCCC4)cc3)oc2c1. The predicted molar refractivity (Wildman–Crippen MR) is 128 cm³/mol. The number of hydrogen-bond donors (Lipinski definition) is 1. The van der Waals surface area contributed by atoms with E-state index < -0.39 is 0 Å². The molecule has 176 valence electrons. The van der Waals surface area contributed by atoms with E-state index >= 15 is 0 Å². The van der Waals surface area contributed by atoms with Crippen molar-refractivity contribution in [2.45, 2.75) is 39.0 Å². The van der Waals surface area contributed by atoms with Crippen LogP contribution in [0.2, 0.25) is 0 Å². The number of benzene rings is 2. The Morgan fingerprint density at radius 3 is 2.65 bits per heavy atom. The maximum atomic E-state index is 12.3. The lowest BCUT2D eigenvalue weighted by Gasteiger charge is -2.26. The van der Waals surface area contributed by atoms with Gasteiger partial charge in [0, 0.05) is 36.6 Å². The Balaban J connectivity index is 1.28. The third-order valence-corrected chi connectivity index (χ3v) is 6.47. The first kappa shape index (κ1) is 22.1. The third-order valence-electron chi connectivity index (χ3n) is 6.47. The Bertz CT molecular complexity index is 1230. The van der Waals surface area contributed by atoms with Gasteiger partial charge in [0.15, 0.2) is 12.2 Å². The Kier molecular flexibility index (Phi) is 6.29. The lowest BCUT2D eigenvalue weighted by Crippen LogP contribution is -2.38. The van der Waals surface area contributed by atoms with Crippen LogP contribution in [0.4, 0.5) is 0 Å². The second-order valence-electron chi connectivity index (χ2n) is 8.80. The van der Waals surface area contributed by atoms with Crippen LogP contribution in [0.5, 0.6) is 5.75 Å². The summed E-state index contributed by atoms with van der Waals surface area (Å²) in [6.45, 7) is 3.75. The monoisotopic (exact) mass is 460 g/mol. The van der Waals surface area contributed by atoms with Crippen LogP contribution in [-0.4, -0.2) is 47.1 Å². The van der Waals surface area contributed by atoms with Crippen molar-refractivity contribution < 1.29 is 18.7 Å². The van der Waals surface area contributed by atoms with E-state index in [1.165, 1.54) is 6.42 Å². The first-order valence-corrected chi connectivity index (χ1v) is 11.9. The quantitative estimate of drug-likeness (QED) is 0.596. The number of amides is 2. The van der Waals surface area contributed by atoms with Gasteiger partial charge in [-0.25, -0.2) is 10.4 Å². The van der Waals surface area contributed by atoms with Crippen molar-refractivity contribution in [3.8, 4) is 17.2 Å². The Morgan fingerprint density at radius 2 is 1.88 bits per heavy atom. The van der Waals surface area contributed by atoms with Crippen molar-refractivity contribution in [3.63, 3.8) is 0 Å². The second-order valence-corrected chi connectivity index (χ2v) is 8.80. The number of aromatic nitrogens is 1. The summed E-state index contributed by atoms with van der Waals surface area (Å²) in [4.78, 5) is 30.5. The summed E-state index contributed by atoms with van der Waals surface area (Å²) < 4.78 is 11.7. The molecule has 8 heteroatoms. The maximum Gasteiger partial charge on any atom is 0.260 e. The van der Waals surface area contributed by atoms with Gasteiger partial charge in [0.05, 0.1) is 5.71 Å². The van der Waals surface area contributed by atoms with Crippen molar-refractivity contribution in [2.75, 3.05) is 19.7 Å². The van der Waals surface area contributed by atoms with Crippen LogP contribution in [0.1, 0.15) is 44.6 Å². The average molecular weight is 461 g/mol. The highest BCUT2D eigenvalue weighted by molar-refractivity contribution is 6.07. The van der Waals surface area contributed by atoms with E-state index in [2.05, 4.69) is 22.4 Å². The van der Waals surface area contributed by atoms with Gasteiger partial charge in [-0.3, -0.25) is 9.59 Å². The molecule has 3 aromatic rings. The fraction of sp³-hybridized carbons (Fsp3) is 0.385. The Labute approximate surface area is 198 Å². The van der Waals surface area contributed by atoms with Crippen LogP contribution < -0.4 is 10.2 Å². The van der Waals surface area contributed by atoms with E-state index in [1.54, 1.807) is 0 Å². The molecule has 0 spiro atoms. The number of fused-ring (bicyclic) bond motifs is 1. The first-order chi connectivity index (χ1) is 16.6. The molecule has 0 radical (unpaired) electrons. The van der Waals surface area contributed by atoms with Crippen LogP contribution in [0.25, 0.3) is 22.6 Å².